The number of aromatic carboxylic acids is 1. The van der Waals surface area contributed by atoms with Crippen LogP contribution in [0.1, 0.15) is 15.9 Å². The molecule has 3 aromatic carbocycles. The first kappa shape index (κ1) is 17.5. The molecule has 0 unspecified atom stereocenters. The normalized spacial score (nSPS) is 12.4. The number of rotatable bonds is 4. The topological polar surface area (TPSA) is 75.6 Å². The molecule has 0 aliphatic carbocycles. The maximum Gasteiger partial charge on any atom is 0.337 e. The molecule has 0 spiro atoms. The molecule has 4 rings (SSSR count). The van der Waals surface area contributed by atoms with Gasteiger partial charge in [-0.3, -0.25) is 4.79 Å². The molecule has 2 N–H and O–H groups in total. The summed E-state index contributed by atoms with van der Waals surface area (Å²) < 4.78 is 5.72. The predicted octanol–water partition coefficient (Wildman–Crippen LogP) is 4.47. The van der Waals surface area contributed by atoms with E-state index < -0.39 is 5.97 Å². The lowest BCUT2D eigenvalue weighted by Crippen LogP contribution is -2.22. The molecule has 138 valence electrons. The number of benzene rings is 3. The summed E-state index contributed by atoms with van der Waals surface area (Å²) in [6, 6.07) is 22.1. The number of carbonyl (C=O) groups excluding carboxylic acids is 1. The van der Waals surface area contributed by atoms with Crippen LogP contribution in [-0.2, 0) is 4.79 Å². The molecule has 3 aromatic rings. The lowest BCUT2D eigenvalue weighted by atomic mass is 9.99. The standard InChI is InChI=1S/C23H17NO4/c25-22(24-20-9-5-4-8-19(20)23(26)27)18-13-17-12-16(10-11-21(17)28-14-18)15-6-2-1-3-7-15/h1-13H,14H2,(H,24,25)(H,26,27). The maximum atomic E-state index is 12.7. The fraction of sp³-hybridized carbons (Fsp3) is 0.0435. The van der Waals surface area contributed by atoms with Crippen LogP contribution in [0.2, 0.25) is 0 Å². The van der Waals surface area contributed by atoms with Gasteiger partial charge in [0.15, 0.2) is 0 Å². The third kappa shape index (κ3) is 3.50. The molecule has 5 heteroatoms. The molecule has 0 aromatic heterocycles. The number of hydrogen-bond acceptors (Lipinski definition) is 3. The quantitative estimate of drug-likeness (QED) is 0.710. The lowest BCUT2D eigenvalue weighted by molar-refractivity contribution is -0.113. The summed E-state index contributed by atoms with van der Waals surface area (Å²) in [5.74, 6) is -0.769. The molecule has 0 saturated heterocycles. The molecule has 0 radical (unpaired) electrons. The van der Waals surface area contributed by atoms with Crippen molar-refractivity contribution in [3.8, 4) is 16.9 Å². The average Bonchev–Trinajstić information content (AvgIpc) is 2.73. The van der Waals surface area contributed by atoms with E-state index in [1.54, 1.807) is 24.3 Å². The number of carboxylic acids is 1. The van der Waals surface area contributed by atoms with E-state index in [1.807, 2.05) is 48.5 Å². The molecule has 0 atom stereocenters. The Balaban J connectivity index is 1.62. The van der Waals surface area contributed by atoms with E-state index in [0.29, 0.717) is 11.3 Å². The van der Waals surface area contributed by atoms with E-state index in [4.69, 9.17) is 4.74 Å². The highest BCUT2D eigenvalue weighted by Crippen LogP contribution is 2.31. The minimum atomic E-state index is -1.09. The second-order valence-electron chi connectivity index (χ2n) is 6.38. The van der Waals surface area contributed by atoms with Crippen LogP contribution in [0.4, 0.5) is 5.69 Å². The summed E-state index contributed by atoms with van der Waals surface area (Å²) in [7, 11) is 0. The van der Waals surface area contributed by atoms with Crippen molar-refractivity contribution in [2.75, 3.05) is 11.9 Å². The number of amides is 1. The molecule has 28 heavy (non-hydrogen) atoms. The first-order valence-corrected chi connectivity index (χ1v) is 8.78. The number of para-hydroxylation sites is 1. The number of ether oxygens (including phenoxy) is 1. The molecule has 1 aliphatic heterocycles. The van der Waals surface area contributed by atoms with Gasteiger partial charge in [0.25, 0.3) is 5.91 Å². The largest absolute Gasteiger partial charge is 0.488 e. The van der Waals surface area contributed by atoms with Crippen LogP contribution in [0.5, 0.6) is 5.75 Å². The summed E-state index contributed by atoms with van der Waals surface area (Å²) in [6.07, 6.45) is 1.78. The second-order valence-corrected chi connectivity index (χ2v) is 6.38. The highest BCUT2D eigenvalue weighted by molar-refractivity contribution is 6.10. The van der Waals surface area contributed by atoms with Crippen LogP contribution >= 0.6 is 0 Å². The highest BCUT2D eigenvalue weighted by Gasteiger charge is 2.19. The third-order valence-corrected chi connectivity index (χ3v) is 4.53. The number of nitrogens with one attached hydrogen (secondary N) is 1. The Kier molecular flexibility index (Phi) is 4.64. The van der Waals surface area contributed by atoms with E-state index in [1.165, 1.54) is 6.07 Å². The van der Waals surface area contributed by atoms with Gasteiger partial charge in [0, 0.05) is 5.56 Å². The van der Waals surface area contributed by atoms with Gasteiger partial charge in [-0.2, -0.15) is 0 Å². The number of carboxylic acid groups (broad SMARTS) is 1. The van der Waals surface area contributed by atoms with Crippen molar-refractivity contribution in [2.24, 2.45) is 0 Å². The maximum absolute atomic E-state index is 12.7. The molecule has 0 bridgehead atoms. The Morgan fingerprint density at radius 3 is 2.43 bits per heavy atom. The monoisotopic (exact) mass is 371 g/mol. The fourth-order valence-electron chi connectivity index (χ4n) is 3.10. The summed E-state index contributed by atoms with van der Waals surface area (Å²) >= 11 is 0. The van der Waals surface area contributed by atoms with Crippen molar-refractivity contribution in [3.63, 3.8) is 0 Å². The summed E-state index contributed by atoms with van der Waals surface area (Å²) in [5, 5.41) is 11.9. The Morgan fingerprint density at radius 2 is 1.64 bits per heavy atom. The minimum absolute atomic E-state index is 0.0416. The van der Waals surface area contributed by atoms with E-state index >= 15 is 0 Å². The Hall–Kier alpha value is -3.86. The smallest absolute Gasteiger partial charge is 0.337 e. The molecular weight excluding hydrogens is 354 g/mol. The van der Waals surface area contributed by atoms with Crippen molar-refractivity contribution >= 4 is 23.6 Å². The van der Waals surface area contributed by atoms with Crippen LogP contribution in [-0.4, -0.2) is 23.6 Å². The zero-order valence-electron chi connectivity index (χ0n) is 14.9. The third-order valence-electron chi connectivity index (χ3n) is 4.53. The molecule has 1 amide bonds. The van der Waals surface area contributed by atoms with Crippen LogP contribution in [0.25, 0.3) is 17.2 Å². The van der Waals surface area contributed by atoms with Crippen LogP contribution in [0.3, 0.4) is 0 Å². The predicted molar refractivity (Wildman–Crippen MR) is 107 cm³/mol. The van der Waals surface area contributed by atoms with E-state index in [9.17, 15) is 14.7 Å². The van der Waals surface area contributed by atoms with Crippen molar-refractivity contribution in [1.29, 1.82) is 0 Å². The van der Waals surface area contributed by atoms with Gasteiger partial charge in [0.05, 0.1) is 16.8 Å². The van der Waals surface area contributed by atoms with Crippen molar-refractivity contribution in [2.45, 2.75) is 0 Å². The van der Waals surface area contributed by atoms with Gasteiger partial charge in [-0.1, -0.05) is 48.5 Å². The molecular formula is C23H17NO4. The summed E-state index contributed by atoms with van der Waals surface area (Å²) in [5.41, 5.74) is 3.63. The van der Waals surface area contributed by atoms with Crippen molar-refractivity contribution < 1.29 is 19.4 Å². The van der Waals surface area contributed by atoms with Crippen molar-refractivity contribution in [1.82, 2.24) is 0 Å². The Labute approximate surface area is 161 Å². The summed E-state index contributed by atoms with van der Waals surface area (Å²) in [4.78, 5) is 24.0. The Morgan fingerprint density at radius 1 is 0.893 bits per heavy atom. The van der Waals surface area contributed by atoms with Crippen LogP contribution in [0, 0.1) is 0 Å². The highest BCUT2D eigenvalue weighted by atomic mass is 16.5. The van der Waals surface area contributed by atoms with Gasteiger partial charge in [-0.15, -0.1) is 0 Å². The number of carbonyl (C=O) groups is 2. The van der Waals surface area contributed by atoms with Gasteiger partial charge < -0.3 is 15.2 Å². The van der Waals surface area contributed by atoms with E-state index in [0.717, 1.165) is 16.7 Å². The first-order chi connectivity index (χ1) is 13.6. The average molecular weight is 371 g/mol. The minimum Gasteiger partial charge on any atom is -0.488 e. The van der Waals surface area contributed by atoms with E-state index in [2.05, 4.69) is 5.32 Å². The first-order valence-electron chi connectivity index (χ1n) is 8.78. The molecule has 0 saturated carbocycles. The number of fused-ring (bicyclic) bond motifs is 1. The van der Waals surface area contributed by atoms with Gasteiger partial charge in [0.1, 0.15) is 12.4 Å². The van der Waals surface area contributed by atoms with Crippen molar-refractivity contribution in [3.05, 3.63) is 89.5 Å². The van der Waals surface area contributed by atoms with Crippen LogP contribution < -0.4 is 10.1 Å². The Bertz CT molecular complexity index is 1090. The van der Waals surface area contributed by atoms with Gasteiger partial charge in [0.2, 0.25) is 0 Å². The van der Waals surface area contributed by atoms with Gasteiger partial charge >= 0.3 is 5.97 Å². The fourth-order valence-corrected chi connectivity index (χ4v) is 3.10. The molecule has 5 nitrogen and oxygen atoms in total. The number of anilines is 1. The molecule has 1 heterocycles. The molecule has 1 aliphatic rings. The zero-order valence-corrected chi connectivity index (χ0v) is 14.9. The number of hydrogen-bond donors (Lipinski definition) is 2. The second kappa shape index (κ2) is 7.40. The van der Waals surface area contributed by atoms with Crippen LogP contribution in [0.15, 0.2) is 78.4 Å². The van der Waals surface area contributed by atoms with Gasteiger partial charge in [-0.25, -0.2) is 4.79 Å². The SMILES string of the molecule is O=C(Nc1ccccc1C(=O)O)C1=Cc2cc(-c3ccccc3)ccc2OC1. The van der Waals surface area contributed by atoms with Gasteiger partial charge in [-0.05, 0) is 41.5 Å². The zero-order chi connectivity index (χ0) is 19.5. The van der Waals surface area contributed by atoms with E-state index in [-0.39, 0.29) is 23.8 Å². The summed E-state index contributed by atoms with van der Waals surface area (Å²) in [6.45, 7) is 0.124. The lowest BCUT2D eigenvalue weighted by Gasteiger charge is -2.19. The molecule has 0 fully saturated rings.